The van der Waals surface area contributed by atoms with Gasteiger partial charge in [0.2, 0.25) is 0 Å². The Morgan fingerprint density at radius 1 is 1.00 bits per heavy atom. The van der Waals surface area contributed by atoms with Crippen LogP contribution < -0.4 is 19.6 Å². The Labute approximate surface area is 208 Å². The molecule has 0 unspecified atom stereocenters. The lowest BCUT2D eigenvalue weighted by atomic mass is 10.2. The van der Waals surface area contributed by atoms with E-state index in [1.165, 1.54) is 17.1 Å². The molecular weight excluding hydrogens is 468 g/mol. The van der Waals surface area contributed by atoms with Crippen LogP contribution in [0.2, 0.25) is 0 Å². The van der Waals surface area contributed by atoms with Crippen molar-refractivity contribution >= 4 is 35.6 Å². The molecule has 0 atom stereocenters. The maximum absolute atomic E-state index is 12.1. The van der Waals surface area contributed by atoms with Crippen molar-refractivity contribution in [1.82, 2.24) is 5.43 Å². The van der Waals surface area contributed by atoms with Crippen LogP contribution in [-0.2, 0) is 11.4 Å². The molecule has 0 bridgehead atoms. The predicted molar refractivity (Wildman–Crippen MR) is 139 cm³/mol. The first kappa shape index (κ1) is 24.0. The topological polar surface area (TPSA) is 69.2 Å². The van der Waals surface area contributed by atoms with Crippen LogP contribution in [0.5, 0.6) is 17.2 Å². The minimum Gasteiger partial charge on any atom is -0.493 e. The van der Waals surface area contributed by atoms with Crippen LogP contribution in [-0.4, -0.2) is 37.3 Å². The number of amides is 1. The second-order valence-corrected chi connectivity index (χ2v) is 10.1. The summed E-state index contributed by atoms with van der Waals surface area (Å²) in [6, 6.07) is 23.3. The van der Waals surface area contributed by atoms with Crippen molar-refractivity contribution in [1.29, 1.82) is 0 Å². The maximum Gasteiger partial charge on any atom is 0.277 e. The average Bonchev–Trinajstić information content (AvgIpc) is 3.42. The molecule has 1 aliphatic rings. The number of hydrogen-bond acceptors (Lipinski definition) is 7. The van der Waals surface area contributed by atoms with E-state index in [4.69, 9.17) is 14.2 Å². The molecule has 8 heteroatoms. The van der Waals surface area contributed by atoms with Crippen molar-refractivity contribution in [3.63, 3.8) is 0 Å². The molecule has 1 heterocycles. The first-order valence-electron chi connectivity index (χ1n) is 10.8. The highest BCUT2D eigenvalue weighted by Gasteiger charge is 2.18. The Hall–Kier alpha value is -3.10. The second kappa shape index (κ2) is 12.4. The molecule has 3 aromatic rings. The smallest absolute Gasteiger partial charge is 0.277 e. The summed E-state index contributed by atoms with van der Waals surface area (Å²) in [7, 11) is 1.60. The summed E-state index contributed by atoms with van der Waals surface area (Å²) in [5.41, 5.74) is 5.59. The van der Waals surface area contributed by atoms with E-state index in [1.807, 2.05) is 78.1 Å². The average molecular weight is 495 g/mol. The van der Waals surface area contributed by atoms with Crippen molar-refractivity contribution in [2.24, 2.45) is 5.10 Å². The fraction of sp³-hybridized carbons (Fsp3) is 0.231. The van der Waals surface area contributed by atoms with Gasteiger partial charge in [-0.1, -0.05) is 42.5 Å². The zero-order chi connectivity index (χ0) is 23.6. The van der Waals surface area contributed by atoms with Crippen molar-refractivity contribution in [2.45, 2.75) is 11.2 Å². The monoisotopic (exact) mass is 494 g/mol. The Balaban J connectivity index is 1.26. The summed E-state index contributed by atoms with van der Waals surface area (Å²) in [5, 5.41) is 4.03. The van der Waals surface area contributed by atoms with Crippen LogP contribution in [0.15, 0.2) is 77.9 Å². The third kappa shape index (κ3) is 6.95. The lowest BCUT2D eigenvalue weighted by Gasteiger charge is -2.11. The summed E-state index contributed by atoms with van der Waals surface area (Å²) >= 11 is 3.92. The van der Waals surface area contributed by atoms with Gasteiger partial charge in [0.15, 0.2) is 18.1 Å². The third-order valence-electron chi connectivity index (χ3n) is 4.97. The molecule has 1 fully saturated rings. The lowest BCUT2D eigenvalue weighted by molar-refractivity contribution is -0.123. The van der Waals surface area contributed by atoms with Gasteiger partial charge in [-0.05, 0) is 47.0 Å². The Morgan fingerprint density at radius 3 is 2.50 bits per heavy atom. The van der Waals surface area contributed by atoms with Crippen LogP contribution in [0, 0.1) is 0 Å². The van der Waals surface area contributed by atoms with Crippen LogP contribution in [0.4, 0.5) is 0 Å². The zero-order valence-electron chi connectivity index (χ0n) is 18.8. The second-order valence-electron chi connectivity index (χ2n) is 7.41. The Bertz CT molecular complexity index is 1100. The first-order chi connectivity index (χ1) is 16.7. The number of thioether (sulfide) groups is 2. The maximum atomic E-state index is 12.1. The van der Waals surface area contributed by atoms with Gasteiger partial charge in [0, 0.05) is 11.5 Å². The molecule has 34 heavy (non-hydrogen) atoms. The van der Waals surface area contributed by atoms with Gasteiger partial charge >= 0.3 is 0 Å². The van der Waals surface area contributed by atoms with Crippen LogP contribution >= 0.6 is 23.5 Å². The largest absolute Gasteiger partial charge is 0.493 e. The van der Waals surface area contributed by atoms with Gasteiger partial charge in [-0.15, -0.1) is 23.5 Å². The number of carbonyl (C=O) groups is 1. The standard InChI is InChI=1S/C26H26N2O4S2/c1-30-23-12-7-20(15-24(23)32-17-19-5-3-2-4-6-19)16-27-28-25(29)18-31-22-10-8-21(9-11-22)26-33-13-14-34-26/h2-12,15-16,26H,13-14,17-18H2,1H3,(H,28,29)/b27-16-. The molecule has 1 N–H and O–H groups in total. The van der Waals surface area contributed by atoms with Gasteiger partial charge in [0.1, 0.15) is 12.4 Å². The van der Waals surface area contributed by atoms with Crippen LogP contribution in [0.25, 0.3) is 0 Å². The minimum atomic E-state index is -0.337. The number of hydrazone groups is 1. The highest BCUT2D eigenvalue weighted by atomic mass is 32.2. The van der Waals surface area contributed by atoms with Crippen LogP contribution in [0.1, 0.15) is 21.3 Å². The van der Waals surface area contributed by atoms with E-state index in [1.54, 1.807) is 19.4 Å². The van der Waals surface area contributed by atoms with Crippen molar-refractivity contribution < 1.29 is 19.0 Å². The van der Waals surface area contributed by atoms with Crippen molar-refractivity contribution in [2.75, 3.05) is 25.2 Å². The molecule has 1 aliphatic heterocycles. The fourth-order valence-electron chi connectivity index (χ4n) is 3.25. The normalized spacial score (nSPS) is 13.7. The molecule has 3 aromatic carbocycles. The highest BCUT2D eigenvalue weighted by molar-refractivity contribution is 8.19. The Morgan fingerprint density at radius 2 is 1.76 bits per heavy atom. The number of nitrogens with zero attached hydrogens (tertiary/aromatic N) is 1. The highest BCUT2D eigenvalue weighted by Crippen LogP contribution is 2.45. The van der Waals surface area contributed by atoms with E-state index < -0.39 is 0 Å². The molecule has 0 saturated carbocycles. The number of carbonyl (C=O) groups excluding carboxylic acids is 1. The van der Waals surface area contributed by atoms with E-state index >= 15 is 0 Å². The van der Waals surface area contributed by atoms with Crippen molar-refractivity contribution in [3.05, 3.63) is 89.5 Å². The zero-order valence-corrected chi connectivity index (χ0v) is 20.4. The number of ether oxygens (including phenoxy) is 3. The molecule has 1 amide bonds. The van der Waals surface area contributed by atoms with Crippen LogP contribution in [0.3, 0.4) is 0 Å². The lowest BCUT2D eigenvalue weighted by Crippen LogP contribution is -2.24. The Kier molecular flexibility index (Phi) is 8.76. The van der Waals surface area contributed by atoms with Gasteiger partial charge in [0.05, 0.1) is 17.9 Å². The molecular formula is C26H26N2O4S2. The van der Waals surface area contributed by atoms with Gasteiger partial charge < -0.3 is 14.2 Å². The van der Waals surface area contributed by atoms with Crippen molar-refractivity contribution in [3.8, 4) is 17.2 Å². The van der Waals surface area contributed by atoms with E-state index in [9.17, 15) is 4.79 Å². The fourth-order valence-corrected chi connectivity index (χ4v) is 6.11. The number of rotatable bonds is 10. The van der Waals surface area contributed by atoms with Gasteiger partial charge in [-0.25, -0.2) is 5.43 Å². The summed E-state index contributed by atoms with van der Waals surface area (Å²) < 4.78 is 17.4. The van der Waals surface area contributed by atoms with Gasteiger partial charge in [-0.3, -0.25) is 4.79 Å². The molecule has 0 aromatic heterocycles. The first-order valence-corrected chi connectivity index (χ1v) is 12.9. The minimum absolute atomic E-state index is 0.113. The molecule has 1 saturated heterocycles. The predicted octanol–water partition coefficient (Wildman–Crippen LogP) is 5.28. The number of hydrogen-bond donors (Lipinski definition) is 1. The summed E-state index contributed by atoms with van der Waals surface area (Å²) in [5.74, 6) is 3.92. The van der Waals surface area contributed by atoms with E-state index in [0.29, 0.717) is 28.4 Å². The van der Waals surface area contributed by atoms with E-state index in [-0.39, 0.29) is 12.5 Å². The molecule has 6 nitrogen and oxygen atoms in total. The number of benzene rings is 3. The number of nitrogens with one attached hydrogen (secondary N) is 1. The third-order valence-corrected chi connectivity index (χ3v) is 8.08. The number of methoxy groups -OCH3 is 1. The SMILES string of the molecule is COc1ccc(/C=N\NC(=O)COc2ccc(C3SCCS3)cc2)cc1OCc1ccccc1. The molecule has 176 valence electrons. The summed E-state index contributed by atoms with van der Waals surface area (Å²) in [6.07, 6.45) is 1.55. The molecule has 0 spiro atoms. The summed E-state index contributed by atoms with van der Waals surface area (Å²) in [6.45, 7) is 0.308. The molecule has 0 aliphatic carbocycles. The van der Waals surface area contributed by atoms with Gasteiger partial charge in [-0.2, -0.15) is 5.10 Å². The van der Waals surface area contributed by atoms with E-state index in [0.717, 1.165) is 11.1 Å². The molecule has 0 radical (unpaired) electrons. The molecule has 4 rings (SSSR count). The van der Waals surface area contributed by atoms with Gasteiger partial charge in [0.25, 0.3) is 5.91 Å². The summed E-state index contributed by atoms with van der Waals surface area (Å²) in [4.78, 5) is 12.1. The quantitative estimate of drug-likeness (QED) is 0.305. The van der Waals surface area contributed by atoms with E-state index in [2.05, 4.69) is 22.7 Å².